The predicted molar refractivity (Wildman–Crippen MR) is 193 cm³/mol. The largest absolute Gasteiger partial charge is 0.497 e. The van der Waals surface area contributed by atoms with E-state index in [2.05, 4.69) is 0 Å². The highest BCUT2D eigenvalue weighted by atomic mass is 16.6. The maximum atomic E-state index is 15.2. The summed E-state index contributed by atoms with van der Waals surface area (Å²) in [6.07, 6.45) is 6.31. The minimum Gasteiger partial charge on any atom is -0.497 e. The summed E-state index contributed by atoms with van der Waals surface area (Å²) in [6.45, 7) is 4.29. The van der Waals surface area contributed by atoms with Gasteiger partial charge in [0.15, 0.2) is 0 Å². The molecular weight excluding hydrogens is 658 g/mol. The summed E-state index contributed by atoms with van der Waals surface area (Å²) in [4.78, 5) is 63.2. The number of ether oxygens (including phenoxy) is 3. The van der Waals surface area contributed by atoms with Gasteiger partial charge in [-0.1, -0.05) is 97.1 Å². The highest BCUT2D eigenvalue weighted by Gasteiger charge is 2.78. The van der Waals surface area contributed by atoms with Crippen LogP contribution in [0, 0.1) is 11.3 Å². The van der Waals surface area contributed by atoms with Gasteiger partial charge in [0, 0.05) is 33.1 Å². The first-order valence-corrected chi connectivity index (χ1v) is 17.9. The zero-order chi connectivity index (χ0) is 36.6. The molecule has 52 heavy (non-hydrogen) atoms. The predicted octanol–water partition coefficient (Wildman–Crippen LogP) is 5.25. The van der Waals surface area contributed by atoms with Gasteiger partial charge in [-0.05, 0) is 49.1 Å². The molecule has 3 aromatic carbocycles. The van der Waals surface area contributed by atoms with Crippen LogP contribution in [0.2, 0.25) is 0 Å². The number of nitrogens with zero attached hydrogens (tertiary/aromatic N) is 3. The first-order valence-electron chi connectivity index (χ1n) is 17.9. The van der Waals surface area contributed by atoms with Crippen molar-refractivity contribution in [3.63, 3.8) is 0 Å². The van der Waals surface area contributed by atoms with Crippen LogP contribution in [0.1, 0.15) is 49.4 Å². The second-order valence-corrected chi connectivity index (χ2v) is 14.3. The minimum atomic E-state index is -1.51. The van der Waals surface area contributed by atoms with Gasteiger partial charge in [0.1, 0.15) is 29.4 Å². The quantitative estimate of drug-likeness (QED) is 0.255. The molecule has 0 aromatic heterocycles. The number of hydrogen-bond acceptors (Lipinski definition) is 7. The van der Waals surface area contributed by atoms with Gasteiger partial charge in [0.05, 0.1) is 24.7 Å². The Morgan fingerprint density at radius 3 is 2.23 bits per heavy atom. The van der Waals surface area contributed by atoms with Crippen molar-refractivity contribution in [1.29, 1.82) is 0 Å². The van der Waals surface area contributed by atoms with E-state index in [0.717, 1.165) is 16.7 Å². The van der Waals surface area contributed by atoms with E-state index in [-0.39, 0.29) is 30.7 Å². The number of carbonyl (C=O) groups is 4. The molecular formula is C42H45N3O7. The number of esters is 1. The molecule has 0 radical (unpaired) electrons. The van der Waals surface area contributed by atoms with E-state index in [1.165, 1.54) is 0 Å². The number of cyclic esters (lactones) is 1. The van der Waals surface area contributed by atoms with Crippen molar-refractivity contribution < 1.29 is 33.4 Å². The number of methoxy groups -OCH3 is 1. The van der Waals surface area contributed by atoms with Crippen LogP contribution in [-0.2, 0) is 41.7 Å². The number of amides is 3. The number of benzene rings is 3. The summed E-state index contributed by atoms with van der Waals surface area (Å²) >= 11 is 0. The summed E-state index contributed by atoms with van der Waals surface area (Å²) in [5, 5.41) is 0. The molecule has 0 N–H and O–H groups in total. The highest BCUT2D eigenvalue weighted by molar-refractivity contribution is 6.01. The summed E-state index contributed by atoms with van der Waals surface area (Å²) in [5.74, 6) is -1.75. The highest BCUT2D eigenvalue weighted by Crippen LogP contribution is 2.61. The second-order valence-electron chi connectivity index (χ2n) is 14.3. The van der Waals surface area contributed by atoms with Gasteiger partial charge in [0.25, 0.3) is 0 Å². The van der Waals surface area contributed by atoms with Crippen LogP contribution in [0.25, 0.3) is 0 Å². The van der Waals surface area contributed by atoms with Crippen LogP contribution >= 0.6 is 0 Å². The normalized spacial score (nSPS) is 30.5. The van der Waals surface area contributed by atoms with Crippen molar-refractivity contribution in [3.05, 3.63) is 126 Å². The Hall–Kier alpha value is -5.22. The number of hydrogen-bond donors (Lipinski definition) is 0. The van der Waals surface area contributed by atoms with E-state index in [1.54, 1.807) is 48.8 Å². The van der Waals surface area contributed by atoms with Crippen molar-refractivity contribution in [1.82, 2.24) is 14.7 Å². The Morgan fingerprint density at radius 1 is 0.865 bits per heavy atom. The number of allylic oxidation sites excluding steroid dienone is 1. The van der Waals surface area contributed by atoms with E-state index in [1.807, 2.05) is 103 Å². The molecule has 10 heteroatoms. The second kappa shape index (κ2) is 14.1. The van der Waals surface area contributed by atoms with Gasteiger partial charge in [-0.25, -0.2) is 0 Å². The van der Waals surface area contributed by atoms with Crippen molar-refractivity contribution in [3.8, 4) is 5.75 Å². The molecule has 0 bridgehead atoms. The molecule has 7 rings (SSSR count). The number of likely N-dealkylation sites (N-methyl/N-ethyl adjacent to an activating group) is 1. The van der Waals surface area contributed by atoms with Gasteiger partial charge in [-0.15, -0.1) is 0 Å². The molecule has 3 amide bonds. The summed E-state index contributed by atoms with van der Waals surface area (Å²) < 4.78 is 18.6. The van der Waals surface area contributed by atoms with Crippen molar-refractivity contribution in [2.45, 2.75) is 69.7 Å². The maximum absolute atomic E-state index is 15.2. The number of fused-ring (bicyclic) bond motifs is 2. The first-order chi connectivity index (χ1) is 25.1. The van der Waals surface area contributed by atoms with Gasteiger partial charge >= 0.3 is 5.97 Å². The molecule has 4 heterocycles. The van der Waals surface area contributed by atoms with E-state index < -0.39 is 47.2 Å². The minimum absolute atomic E-state index is 0.0893. The lowest BCUT2D eigenvalue weighted by Crippen LogP contribution is -2.56. The van der Waals surface area contributed by atoms with Gasteiger partial charge in [0.2, 0.25) is 17.7 Å². The van der Waals surface area contributed by atoms with E-state index in [4.69, 9.17) is 14.2 Å². The van der Waals surface area contributed by atoms with Gasteiger partial charge in [-0.2, -0.15) is 0 Å². The SMILES string of the molecule is COc1ccc(CN2C(=O)[C@]3(C)C4C(=O)OC(C)[C@@H](c5ccccc5)N(C)C(=O)CCC=CC4O[C@@]34C=CCN(Cc3ccccc3)C(=O)C24)cc1. The third kappa shape index (κ3) is 5.88. The van der Waals surface area contributed by atoms with Crippen LogP contribution in [0.4, 0.5) is 0 Å². The molecule has 270 valence electrons. The zero-order valence-electron chi connectivity index (χ0n) is 30.0. The summed E-state index contributed by atoms with van der Waals surface area (Å²) in [6, 6.07) is 25.0. The molecule has 1 spiro atoms. The summed E-state index contributed by atoms with van der Waals surface area (Å²) in [5.41, 5.74) is -0.429. The Balaban J connectivity index is 1.32. The van der Waals surface area contributed by atoms with Crippen molar-refractivity contribution in [2.24, 2.45) is 11.3 Å². The average Bonchev–Trinajstić information content (AvgIpc) is 3.43. The van der Waals surface area contributed by atoms with Gasteiger partial charge < -0.3 is 28.9 Å². The van der Waals surface area contributed by atoms with Crippen LogP contribution in [-0.4, -0.2) is 82.9 Å². The molecule has 0 aliphatic carbocycles. The van der Waals surface area contributed by atoms with Gasteiger partial charge in [-0.3, -0.25) is 19.2 Å². The Morgan fingerprint density at radius 2 is 1.54 bits per heavy atom. The standard InChI is InChI=1S/C42H45N3O7/c1-28-36(31-16-9-6-10-17-31)43(3)34(46)19-12-11-18-33-35(39(48)51-28)41(2)40(49)45(27-30-20-22-32(50-4)23-21-30)37-38(47)44(25-13-24-42(37,41)52-33)26-29-14-7-5-8-15-29/h5-11,13-18,20-24,28,33,35-37H,12,19,25-27H2,1-4H3/t28?,33?,35?,36-,37?,41-,42+/m0/s1. The summed E-state index contributed by atoms with van der Waals surface area (Å²) in [7, 11) is 3.31. The fraction of sp³-hybridized carbons (Fsp3) is 0.381. The Labute approximate surface area is 304 Å². The lowest BCUT2D eigenvalue weighted by molar-refractivity contribution is -0.165. The van der Waals surface area contributed by atoms with Crippen molar-refractivity contribution in [2.75, 3.05) is 20.7 Å². The molecule has 10 nitrogen and oxygen atoms in total. The van der Waals surface area contributed by atoms with Crippen LogP contribution in [0.3, 0.4) is 0 Å². The molecule has 4 unspecified atom stereocenters. The van der Waals surface area contributed by atoms with Crippen molar-refractivity contribution >= 4 is 23.7 Å². The van der Waals surface area contributed by atoms with Crippen LogP contribution in [0.15, 0.2) is 109 Å². The lowest BCUT2D eigenvalue weighted by Gasteiger charge is -2.37. The zero-order valence-corrected chi connectivity index (χ0v) is 30.0. The third-order valence-electron chi connectivity index (χ3n) is 11.3. The van der Waals surface area contributed by atoms with Crippen LogP contribution in [0.5, 0.6) is 5.75 Å². The lowest BCUT2D eigenvalue weighted by atomic mass is 9.65. The van der Waals surface area contributed by atoms with E-state index in [9.17, 15) is 14.4 Å². The molecule has 0 saturated carbocycles. The molecule has 4 aliphatic rings. The number of carbonyl (C=O) groups excluding carboxylic acids is 4. The van der Waals surface area contributed by atoms with Crippen LogP contribution < -0.4 is 4.74 Å². The monoisotopic (exact) mass is 703 g/mol. The van der Waals surface area contributed by atoms with E-state index in [0.29, 0.717) is 25.3 Å². The Bertz CT molecular complexity index is 1880. The molecule has 7 atom stereocenters. The molecule has 4 aliphatic heterocycles. The number of rotatable bonds is 6. The Kier molecular flexibility index (Phi) is 9.52. The topological polar surface area (TPSA) is 106 Å². The average molecular weight is 704 g/mol. The fourth-order valence-electron chi connectivity index (χ4n) is 8.63. The smallest absolute Gasteiger partial charge is 0.313 e. The van der Waals surface area contributed by atoms with E-state index >= 15 is 4.79 Å². The fourth-order valence-corrected chi connectivity index (χ4v) is 8.63. The first kappa shape index (κ1) is 35.2. The third-order valence-corrected chi connectivity index (χ3v) is 11.3. The molecule has 3 aromatic rings. The molecule has 2 fully saturated rings. The number of likely N-dealkylation sites (tertiary alicyclic amines) is 1. The molecule has 2 saturated heterocycles. The maximum Gasteiger partial charge on any atom is 0.313 e.